The highest BCUT2D eigenvalue weighted by molar-refractivity contribution is 5.78. The van der Waals surface area contributed by atoms with E-state index in [1.165, 1.54) is 22.3 Å². The number of benzene rings is 2. The number of hydrogen-bond acceptors (Lipinski definition) is 2. The Labute approximate surface area is 157 Å². The molecule has 0 spiro atoms. The molecule has 2 atom stereocenters. The number of fused-ring (bicyclic) bond motifs is 1. The first kappa shape index (κ1) is 18.4. The van der Waals surface area contributed by atoms with Crippen molar-refractivity contribution in [1.82, 2.24) is 0 Å². The summed E-state index contributed by atoms with van der Waals surface area (Å²) in [6.07, 6.45) is 5.39. The summed E-state index contributed by atoms with van der Waals surface area (Å²) < 4.78 is 0. The fourth-order valence-corrected chi connectivity index (χ4v) is 4.04. The fraction of sp³-hybridized carbons (Fsp3) is 0.417. The average Bonchev–Trinajstić information content (AvgIpc) is 2.66. The van der Waals surface area contributed by atoms with Gasteiger partial charge in [0.05, 0.1) is 17.3 Å². The fourth-order valence-electron chi connectivity index (χ4n) is 4.04. The van der Waals surface area contributed by atoms with Gasteiger partial charge in [-0.3, -0.25) is 4.99 Å². The third kappa shape index (κ3) is 3.19. The molecule has 0 bridgehead atoms. The predicted octanol–water partition coefficient (Wildman–Crippen LogP) is 6.64. The molecule has 0 saturated carbocycles. The molecule has 2 aromatic rings. The second kappa shape index (κ2) is 7.46. The second-order valence-corrected chi connectivity index (χ2v) is 7.57. The first-order valence-electron chi connectivity index (χ1n) is 9.71. The van der Waals surface area contributed by atoms with Crippen LogP contribution in [0.2, 0.25) is 0 Å². The molecule has 0 fully saturated rings. The van der Waals surface area contributed by atoms with Crippen LogP contribution in [0, 0.1) is 31.1 Å². The third-order valence-electron chi connectivity index (χ3n) is 5.87. The van der Waals surface area contributed by atoms with E-state index in [9.17, 15) is 5.26 Å². The van der Waals surface area contributed by atoms with Crippen LogP contribution in [0.25, 0.3) is 11.1 Å². The number of rotatable bonds is 4. The molecule has 0 N–H and O–H groups in total. The molecular weight excluding hydrogens is 316 g/mol. The maximum atomic E-state index is 9.58. The van der Waals surface area contributed by atoms with Gasteiger partial charge >= 0.3 is 0 Å². The lowest BCUT2D eigenvalue weighted by Crippen LogP contribution is -2.09. The minimum atomic E-state index is 0.418. The Morgan fingerprint density at radius 3 is 2.65 bits per heavy atom. The molecule has 0 saturated heterocycles. The summed E-state index contributed by atoms with van der Waals surface area (Å²) >= 11 is 0. The predicted molar refractivity (Wildman–Crippen MR) is 110 cm³/mol. The Kier molecular flexibility index (Phi) is 5.28. The van der Waals surface area contributed by atoms with Crippen molar-refractivity contribution in [3.63, 3.8) is 0 Å². The van der Waals surface area contributed by atoms with Crippen LogP contribution in [-0.4, -0.2) is 6.21 Å². The lowest BCUT2D eigenvalue weighted by molar-refractivity contribution is 0.667. The van der Waals surface area contributed by atoms with Crippen LogP contribution in [0.3, 0.4) is 0 Å². The van der Waals surface area contributed by atoms with E-state index in [0.29, 0.717) is 11.8 Å². The smallest absolute Gasteiger partial charge is 0.0997 e. The first-order valence-corrected chi connectivity index (χ1v) is 9.71. The van der Waals surface area contributed by atoms with Crippen LogP contribution in [-0.2, 0) is 6.42 Å². The lowest BCUT2D eigenvalue weighted by Gasteiger charge is -2.22. The standard InChI is InChI=1S/C24H28N2/c1-6-15(3)24-17(5)22(13-25)16(4)10-21(24)19-8-9-20-11-18(7-2)14-26-23(20)12-19/h8-10,12,14-15,18H,6-7,11H2,1-5H3/t15-,18?/m1/s1. The molecule has 3 rings (SSSR count). The second-order valence-electron chi connectivity index (χ2n) is 7.57. The van der Waals surface area contributed by atoms with Crippen LogP contribution in [0.4, 0.5) is 5.69 Å². The highest BCUT2D eigenvalue weighted by Gasteiger charge is 2.20. The van der Waals surface area contributed by atoms with E-state index in [1.54, 1.807) is 0 Å². The van der Waals surface area contributed by atoms with Gasteiger partial charge in [-0.25, -0.2) is 0 Å². The SMILES string of the molecule is CCC1C=Nc2cc(-c3cc(C)c(C#N)c(C)c3[C@H](C)CC)ccc2C1. The van der Waals surface area contributed by atoms with Gasteiger partial charge in [0.15, 0.2) is 0 Å². The van der Waals surface area contributed by atoms with Crippen molar-refractivity contribution in [2.45, 2.75) is 59.8 Å². The van der Waals surface area contributed by atoms with E-state index >= 15 is 0 Å². The molecule has 0 aliphatic carbocycles. The summed E-state index contributed by atoms with van der Waals surface area (Å²) in [5.74, 6) is 0.977. The van der Waals surface area contributed by atoms with Gasteiger partial charge in [0.1, 0.15) is 0 Å². The van der Waals surface area contributed by atoms with Crippen LogP contribution in [0.15, 0.2) is 29.3 Å². The molecule has 0 amide bonds. The van der Waals surface area contributed by atoms with E-state index in [1.807, 2.05) is 6.92 Å². The van der Waals surface area contributed by atoms with Gasteiger partial charge in [-0.15, -0.1) is 0 Å². The van der Waals surface area contributed by atoms with E-state index in [2.05, 4.69) is 64.2 Å². The lowest BCUT2D eigenvalue weighted by atomic mass is 9.82. The van der Waals surface area contributed by atoms with Gasteiger partial charge in [-0.05, 0) is 90.5 Å². The van der Waals surface area contributed by atoms with E-state index in [-0.39, 0.29) is 0 Å². The molecule has 2 heteroatoms. The minimum Gasteiger partial charge on any atom is -0.261 e. The first-order chi connectivity index (χ1) is 12.5. The Bertz CT molecular complexity index is 899. The highest BCUT2D eigenvalue weighted by Crippen LogP contribution is 2.39. The van der Waals surface area contributed by atoms with Gasteiger partial charge in [0, 0.05) is 6.21 Å². The molecule has 26 heavy (non-hydrogen) atoms. The van der Waals surface area contributed by atoms with E-state index in [4.69, 9.17) is 4.99 Å². The molecule has 2 nitrogen and oxygen atoms in total. The Morgan fingerprint density at radius 1 is 1.23 bits per heavy atom. The summed E-state index contributed by atoms with van der Waals surface area (Å²) in [7, 11) is 0. The Balaban J connectivity index is 2.17. The molecule has 1 heterocycles. The van der Waals surface area contributed by atoms with Crippen molar-refractivity contribution in [2.75, 3.05) is 0 Å². The number of aliphatic imine (C=N–C) groups is 1. The van der Waals surface area contributed by atoms with Crippen LogP contribution in [0.1, 0.15) is 67.3 Å². The normalized spacial score (nSPS) is 16.8. The maximum Gasteiger partial charge on any atom is 0.0997 e. The number of aryl methyl sites for hydroxylation is 1. The van der Waals surface area contributed by atoms with Crippen molar-refractivity contribution < 1.29 is 0 Å². The van der Waals surface area contributed by atoms with E-state index < -0.39 is 0 Å². The van der Waals surface area contributed by atoms with Gasteiger partial charge in [-0.2, -0.15) is 5.26 Å². The van der Waals surface area contributed by atoms with Crippen LogP contribution < -0.4 is 0 Å². The summed E-state index contributed by atoms with van der Waals surface area (Å²) in [6.45, 7) is 10.8. The van der Waals surface area contributed by atoms with Gasteiger partial charge in [0.25, 0.3) is 0 Å². The van der Waals surface area contributed by atoms with Crippen molar-refractivity contribution in [3.8, 4) is 17.2 Å². The van der Waals surface area contributed by atoms with Gasteiger partial charge in [-0.1, -0.05) is 32.9 Å². The third-order valence-corrected chi connectivity index (χ3v) is 5.87. The number of nitrogens with zero attached hydrogens (tertiary/aromatic N) is 2. The summed E-state index contributed by atoms with van der Waals surface area (Å²) in [4.78, 5) is 4.73. The largest absolute Gasteiger partial charge is 0.261 e. The molecule has 0 aromatic heterocycles. The average molecular weight is 345 g/mol. The van der Waals surface area contributed by atoms with E-state index in [0.717, 1.165) is 41.6 Å². The quantitative estimate of drug-likeness (QED) is 0.612. The molecule has 2 aromatic carbocycles. The molecule has 1 aliphatic heterocycles. The monoisotopic (exact) mass is 344 g/mol. The summed E-state index contributed by atoms with van der Waals surface area (Å²) in [5.41, 5.74) is 9.22. The van der Waals surface area contributed by atoms with Crippen molar-refractivity contribution in [1.29, 1.82) is 5.26 Å². The number of hydrogen-bond donors (Lipinski definition) is 0. The van der Waals surface area contributed by atoms with Crippen LogP contribution >= 0.6 is 0 Å². The maximum absolute atomic E-state index is 9.58. The minimum absolute atomic E-state index is 0.418. The molecule has 1 unspecified atom stereocenters. The molecule has 134 valence electrons. The molecule has 0 radical (unpaired) electrons. The number of nitriles is 1. The van der Waals surface area contributed by atoms with Gasteiger partial charge < -0.3 is 0 Å². The Hall–Kier alpha value is -2.40. The van der Waals surface area contributed by atoms with Crippen molar-refractivity contribution in [2.24, 2.45) is 10.9 Å². The molecule has 1 aliphatic rings. The summed E-state index contributed by atoms with van der Waals surface area (Å²) in [5, 5.41) is 9.58. The topological polar surface area (TPSA) is 36.1 Å². The highest BCUT2D eigenvalue weighted by atomic mass is 14.7. The van der Waals surface area contributed by atoms with Crippen molar-refractivity contribution >= 4 is 11.9 Å². The Morgan fingerprint density at radius 2 is 2.00 bits per heavy atom. The van der Waals surface area contributed by atoms with Crippen molar-refractivity contribution in [3.05, 3.63) is 52.1 Å². The molecular formula is C24H28N2. The zero-order valence-corrected chi connectivity index (χ0v) is 16.6. The summed E-state index contributed by atoms with van der Waals surface area (Å²) in [6, 6.07) is 11.3. The zero-order chi connectivity index (χ0) is 18.8. The van der Waals surface area contributed by atoms with Gasteiger partial charge in [0.2, 0.25) is 0 Å². The zero-order valence-electron chi connectivity index (χ0n) is 16.6. The van der Waals surface area contributed by atoms with Crippen LogP contribution in [0.5, 0.6) is 0 Å².